The number of nitrogens with zero attached hydrogens (tertiary/aromatic N) is 1. The molecule has 0 aliphatic carbocycles. The SMILES string of the molecule is CC[C@@H](C)NC(=O)[C@H](CC)N(Cc1ccccc1Cl)C(=O)CSCc1cccc(Cl)c1. The maximum Gasteiger partial charge on any atom is 0.243 e. The van der Waals surface area contributed by atoms with Crippen molar-refractivity contribution in [2.45, 2.75) is 58.0 Å². The molecular weight excluding hydrogens is 451 g/mol. The number of amides is 2. The van der Waals surface area contributed by atoms with Crippen molar-refractivity contribution in [1.82, 2.24) is 10.2 Å². The average Bonchev–Trinajstić information content (AvgIpc) is 2.74. The van der Waals surface area contributed by atoms with Crippen molar-refractivity contribution in [3.8, 4) is 0 Å². The lowest BCUT2D eigenvalue weighted by atomic mass is 10.1. The topological polar surface area (TPSA) is 49.4 Å². The minimum Gasteiger partial charge on any atom is -0.352 e. The molecule has 0 radical (unpaired) electrons. The zero-order chi connectivity index (χ0) is 22.8. The molecule has 2 atom stereocenters. The lowest BCUT2D eigenvalue weighted by Gasteiger charge is -2.31. The van der Waals surface area contributed by atoms with Crippen LogP contribution in [-0.2, 0) is 21.9 Å². The number of thioether (sulfide) groups is 1. The molecule has 0 heterocycles. The van der Waals surface area contributed by atoms with Gasteiger partial charge in [-0.2, -0.15) is 0 Å². The summed E-state index contributed by atoms with van der Waals surface area (Å²) in [5.74, 6) is 0.724. The van der Waals surface area contributed by atoms with E-state index < -0.39 is 6.04 Å². The number of carbonyl (C=O) groups excluding carboxylic acids is 2. The maximum atomic E-state index is 13.2. The number of benzene rings is 2. The van der Waals surface area contributed by atoms with Crippen molar-refractivity contribution in [3.63, 3.8) is 0 Å². The van der Waals surface area contributed by atoms with Crippen LogP contribution in [0.25, 0.3) is 0 Å². The first-order valence-corrected chi connectivity index (χ1v) is 12.4. The Morgan fingerprint density at radius 3 is 2.45 bits per heavy atom. The molecular formula is C24H30Cl2N2O2S. The van der Waals surface area contributed by atoms with Crippen LogP contribution in [0.4, 0.5) is 0 Å². The molecule has 2 aromatic rings. The number of hydrogen-bond donors (Lipinski definition) is 1. The number of rotatable bonds is 11. The van der Waals surface area contributed by atoms with Gasteiger partial charge in [-0.15, -0.1) is 11.8 Å². The molecule has 7 heteroatoms. The highest BCUT2D eigenvalue weighted by molar-refractivity contribution is 7.99. The molecule has 168 valence electrons. The Morgan fingerprint density at radius 2 is 1.81 bits per heavy atom. The van der Waals surface area contributed by atoms with E-state index in [0.29, 0.717) is 28.8 Å². The normalized spacial score (nSPS) is 12.8. The molecule has 1 N–H and O–H groups in total. The van der Waals surface area contributed by atoms with E-state index in [1.54, 1.807) is 11.0 Å². The molecule has 0 aliphatic rings. The van der Waals surface area contributed by atoms with Crippen molar-refractivity contribution in [2.24, 2.45) is 0 Å². The summed E-state index contributed by atoms with van der Waals surface area (Å²) >= 11 is 13.9. The maximum absolute atomic E-state index is 13.2. The summed E-state index contributed by atoms with van der Waals surface area (Å²) in [6.45, 7) is 6.20. The average molecular weight is 481 g/mol. The molecule has 0 fully saturated rings. The molecule has 31 heavy (non-hydrogen) atoms. The van der Waals surface area contributed by atoms with Gasteiger partial charge in [0.2, 0.25) is 11.8 Å². The third kappa shape index (κ3) is 8.06. The summed E-state index contributed by atoms with van der Waals surface area (Å²) in [6, 6.07) is 14.5. The zero-order valence-electron chi connectivity index (χ0n) is 18.2. The molecule has 0 saturated carbocycles. The van der Waals surface area contributed by atoms with E-state index in [4.69, 9.17) is 23.2 Å². The smallest absolute Gasteiger partial charge is 0.243 e. The second kappa shape index (κ2) is 13.0. The van der Waals surface area contributed by atoms with Crippen LogP contribution in [0.15, 0.2) is 48.5 Å². The molecule has 0 aliphatic heterocycles. The van der Waals surface area contributed by atoms with Gasteiger partial charge >= 0.3 is 0 Å². The minimum absolute atomic E-state index is 0.0519. The van der Waals surface area contributed by atoms with E-state index in [0.717, 1.165) is 17.5 Å². The molecule has 2 amide bonds. The Hall–Kier alpha value is -1.69. The standard InChI is InChI=1S/C24H30Cl2N2O2S/c1-4-17(3)27-24(30)22(5-2)28(14-19-10-6-7-12-21(19)26)23(29)16-31-15-18-9-8-11-20(25)13-18/h6-13,17,22H,4-5,14-16H2,1-3H3,(H,27,30)/t17-,22+/m1/s1. The summed E-state index contributed by atoms with van der Waals surface area (Å²) in [5, 5.41) is 4.28. The van der Waals surface area contributed by atoms with Crippen molar-refractivity contribution in [3.05, 3.63) is 69.7 Å². The van der Waals surface area contributed by atoms with Crippen LogP contribution in [0.2, 0.25) is 10.0 Å². The van der Waals surface area contributed by atoms with Crippen LogP contribution >= 0.6 is 35.0 Å². The lowest BCUT2D eigenvalue weighted by Crippen LogP contribution is -2.51. The predicted octanol–water partition coefficient (Wildman–Crippen LogP) is 5.95. The Kier molecular flexibility index (Phi) is 10.7. The first-order valence-electron chi connectivity index (χ1n) is 10.5. The molecule has 2 aromatic carbocycles. The van der Waals surface area contributed by atoms with Crippen molar-refractivity contribution >= 4 is 46.8 Å². The molecule has 0 spiro atoms. The predicted molar refractivity (Wildman–Crippen MR) is 132 cm³/mol. The Balaban J connectivity index is 2.15. The van der Waals surface area contributed by atoms with E-state index in [1.165, 1.54) is 11.8 Å². The Bertz CT molecular complexity index is 878. The summed E-state index contributed by atoms with van der Waals surface area (Å²) < 4.78 is 0. The summed E-state index contributed by atoms with van der Waals surface area (Å²) in [6.07, 6.45) is 1.35. The Morgan fingerprint density at radius 1 is 1.06 bits per heavy atom. The highest BCUT2D eigenvalue weighted by Gasteiger charge is 2.29. The minimum atomic E-state index is -0.551. The van der Waals surface area contributed by atoms with E-state index in [2.05, 4.69) is 5.32 Å². The van der Waals surface area contributed by atoms with Gasteiger partial charge in [-0.25, -0.2) is 0 Å². The lowest BCUT2D eigenvalue weighted by molar-refractivity contribution is -0.139. The van der Waals surface area contributed by atoms with Gasteiger partial charge in [-0.1, -0.05) is 67.4 Å². The van der Waals surface area contributed by atoms with Crippen LogP contribution in [0.5, 0.6) is 0 Å². The molecule has 0 saturated heterocycles. The number of halogens is 2. The summed E-state index contributed by atoms with van der Waals surface area (Å²) in [7, 11) is 0. The third-order valence-corrected chi connectivity index (χ3v) is 6.66. The first kappa shape index (κ1) is 25.6. The van der Waals surface area contributed by atoms with Gasteiger partial charge in [0.05, 0.1) is 5.75 Å². The van der Waals surface area contributed by atoms with Crippen LogP contribution in [0, 0.1) is 0 Å². The number of nitrogens with one attached hydrogen (secondary N) is 1. The fourth-order valence-corrected chi connectivity index (χ4v) is 4.40. The quantitative estimate of drug-likeness (QED) is 0.432. The highest BCUT2D eigenvalue weighted by atomic mass is 35.5. The van der Waals surface area contributed by atoms with Crippen LogP contribution in [0.3, 0.4) is 0 Å². The Labute approximate surface area is 199 Å². The number of carbonyl (C=O) groups is 2. The van der Waals surface area contributed by atoms with Crippen molar-refractivity contribution in [2.75, 3.05) is 5.75 Å². The third-order valence-electron chi connectivity index (χ3n) is 5.07. The van der Waals surface area contributed by atoms with Crippen molar-refractivity contribution < 1.29 is 9.59 Å². The molecule has 0 aromatic heterocycles. The van der Waals surface area contributed by atoms with E-state index in [-0.39, 0.29) is 23.6 Å². The van der Waals surface area contributed by atoms with Gasteiger partial charge in [0.1, 0.15) is 6.04 Å². The van der Waals surface area contributed by atoms with Gasteiger partial charge in [0, 0.05) is 28.4 Å². The van der Waals surface area contributed by atoms with E-state index in [1.807, 2.05) is 63.2 Å². The number of hydrogen-bond acceptors (Lipinski definition) is 3. The molecule has 0 bridgehead atoms. The molecule has 2 rings (SSSR count). The second-order valence-electron chi connectivity index (χ2n) is 7.48. The fourth-order valence-electron chi connectivity index (χ4n) is 3.14. The second-order valence-corrected chi connectivity index (χ2v) is 9.31. The van der Waals surface area contributed by atoms with E-state index in [9.17, 15) is 9.59 Å². The van der Waals surface area contributed by atoms with Crippen LogP contribution in [-0.4, -0.2) is 34.6 Å². The first-order chi connectivity index (χ1) is 14.8. The van der Waals surface area contributed by atoms with Crippen LogP contribution < -0.4 is 5.32 Å². The van der Waals surface area contributed by atoms with Gasteiger partial charge in [-0.05, 0) is 49.1 Å². The van der Waals surface area contributed by atoms with Gasteiger partial charge in [0.25, 0.3) is 0 Å². The largest absolute Gasteiger partial charge is 0.352 e. The van der Waals surface area contributed by atoms with Crippen LogP contribution in [0.1, 0.15) is 44.7 Å². The fraction of sp³-hybridized carbons (Fsp3) is 0.417. The molecule has 4 nitrogen and oxygen atoms in total. The summed E-state index contributed by atoms with van der Waals surface area (Å²) in [4.78, 5) is 27.8. The van der Waals surface area contributed by atoms with Gasteiger partial charge < -0.3 is 10.2 Å². The highest BCUT2D eigenvalue weighted by Crippen LogP contribution is 2.22. The zero-order valence-corrected chi connectivity index (χ0v) is 20.6. The van der Waals surface area contributed by atoms with E-state index >= 15 is 0 Å². The van der Waals surface area contributed by atoms with Gasteiger partial charge in [0.15, 0.2) is 0 Å². The summed E-state index contributed by atoms with van der Waals surface area (Å²) in [5.41, 5.74) is 1.89. The van der Waals surface area contributed by atoms with Crippen molar-refractivity contribution in [1.29, 1.82) is 0 Å². The van der Waals surface area contributed by atoms with Gasteiger partial charge in [-0.3, -0.25) is 9.59 Å². The monoisotopic (exact) mass is 480 g/mol. The molecule has 0 unspecified atom stereocenters.